The largest absolute Gasteiger partial charge is 0.478 e. The molecule has 5 atom stereocenters. The molecule has 2 amide bonds. The third-order valence-corrected chi connectivity index (χ3v) is 24.2. The van der Waals surface area contributed by atoms with Gasteiger partial charge < -0.3 is 44.1 Å². The number of carbonyl (C=O) groups is 5. The van der Waals surface area contributed by atoms with Gasteiger partial charge in [0, 0.05) is 106 Å². The van der Waals surface area contributed by atoms with Gasteiger partial charge in [-0.15, -0.1) is 0 Å². The zero-order valence-corrected chi connectivity index (χ0v) is 66.1. The van der Waals surface area contributed by atoms with Crippen LogP contribution in [0.15, 0.2) is 150 Å². The van der Waals surface area contributed by atoms with Crippen molar-refractivity contribution in [2.75, 3.05) is 53.9 Å². The summed E-state index contributed by atoms with van der Waals surface area (Å²) in [5, 5.41) is 47.1. The van der Waals surface area contributed by atoms with Gasteiger partial charge in [0.2, 0.25) is 0 Å². The van der Waals surface area contributed by atoms with E-state index < -0.39 is 75.1 Å². The van der Waals surface area contributed by atoms with Crippen LogP contribution in [0.25, 0.3) is 0 Å². The topological polar surface area (TPSA) is 219 Å². The van der Waals surface area contributed by atoms with Gasteiger partial charge >= 0.3 is 5.97 Å². The Bertz CT molecular complexity index is 4740. The second kappa shape index (κ2) is 34.5. The van der Waals surface area contributed by atoms with Crippen LogP contribution in [0, 0.1) is 35.2 Å². The van der Waals surface area contributed by atoms with E-state index in [1.54, 1.807) is 72.8 Å². The molecular weight excluding hydrogens is 1580 g/mol. The normalized spacial score (nSPS) is 19.9. The van der Waals surface area contributed by atoms with E-state index in [9.17, 15) is 44.4 Å². The predicted molar refractivity (Wildman–Crippen MR) is 413 cm³/mol. The molecule has 3 fully saturated rings. The van der Waals surface area contributed by atoms with Crippen LogP contribution in [0.1, 0.15) is 193 Å². The van der Waals surface area contributed by atoms with E-state index in [-0.39, 0.29) is 85.9 Å². The number of ether oxygens (including phenoxy) is 5. The number of carboxylic acids is 1. The summed E-state index contributed by atoms with van der Waals surface area (Å²) in [6, 6.07) is 37.5. The molecule has 8 aromatic rings. The maximum Gasteiger partial charge on any atom is 0.336 e. The molecule has 13 rings (SSSR count). The molecule has 4 N–H and O–H groups in total. The Morgan fingerprint density at radius 1 is 0.495 bits per heavy atom. The number of hydrogen-bond acceptors (Lipinski definition) is 13. The highest BCUT2D eigenvalue weighted by Gasteiger charge is 2.57. The minimum Gasteiger partial charge on any atom is -0.478 e. The first-order valence-corrected chi connectivity index (χ1v) is 38.6. The maximum absolute atomic E-state index is 16.4. The van der Waals surface area contributed by atoms with E-state index in [0.717, 1.165) is 5.56 Å². The molecule has 576 valence electrons. The first-order chi connectivity index (χ1) is 52.0. The summed E-state index contributed by atoms with van der Waals surface area (Å²) in [6.07, 6.45) is 4.85. The van der Waals surface area contributed by atoms with Crippen LogP contribution in [-0.4, -0.2) is 113 Å². The van der Waals surface area contributed by atoms with Gasteiger partial charge in [-0.3, -0.25) is 29.0 Å². The summed E-state index contributed by atoms with van der Waals surface area (Å²) in [5.74, 6) is -5.80. The number of halogens is 9. The molecule has 5 heterocycles. The van der Waals surface area contributed by atoms with Gasteiger partial charge in [0.1, 0.15) is 17.5 Å². The van der Waals surface area contributed by atoms with Gasteiger partial charge in [-0.1, -0.05) is 131 Å². The maximum atomic E-state index is 16.4. The minimum atomic E-state index is -1.75. The van der Waals surface area contributed by atoms with E-state index >= 15 is 13.2 Å². The number of fused-ring (bicyclic) bond motifs is 2. The average molecular weight is 1660 g/mol. The Labute approximate surface area is 664 Å². The molecule has 0 aromatic heterocycles. The highest BCUT2D eigenvalue weighted by molar-refractivity contribution is 9.10. The number of ketones is 2. The van der Waals surface area contributed by atoms with Gasteiger partial charge in [0.05, 0.1) is 63.3 Å². The monoisotopic (exact) mass is 1650 g/mol. The van der Waals surface area contributed by atoms with Crippen molar-refractivity contribution >= 4 is 103 Å². The minimum absolute atomic E-state index is 0.0210. The van der Waals surface area contributed by atoms with Crippen molar-refractivity contribution in [2.24, 2.45) is 17.8 Å². The fourth-order valence-corrected chi connectivity index (χ4v) is 17.6. The summed E-state index contributed by atoms with van der Waals surface area (Å²) >= 11 is 34.0. The van der Waals surface area contributed by atoms with E-state index in [4.69, 9.17) is 81.7 Å². The summed E-state index contributed by atoms with van der Waals surface area (Å²) in [7, 11) is 2.82. The molecule has 109 heavy (non-hydrogen) atoms. The number of methoxy groups -OCH3 is 2. The fraction of sp³-hybridized carbons (Fsp3) is 0.369. The van der Waals surface area contributed by atoms with Crippen molar-refractivity contribution in [1.82, 2.24) is 9.80 Å². The third-order valence-electron chi connectivity index (χ3n) is 22.2. The highest BCUT2D eigenvalue weighted by Crippen LogP contribution is 2.53. The molecule has 0 radical (unpaired) electrons. The molecule has 0 unspecified atom stereocenters. The number of benzene rings is 8. The van der Waals surface area contributed by atoms with Gasteiger partial charge in [0.25, 0.3) is 11.8 Å². The first kappa shape index (κ1) is 82.9. The number of amides is 2. The summed E-state index contributed by atoms with van der Waals surface area (Å²) in [4.78, 5) is 68.6. The molecule has 0 aliphatic carbocycles. The number of Topliss-reactive ketones (excluding diaryl/α,β-unsaturated/α-hetero) is 1. The molecule has 0 bridgehead atoms. The van der Waals surface area contributed by atoms with Crippen molar-refractivity contribution in [2.45, 2.75) is 127 Å². The number of carbonyl (C=O) groups excluding carboxylic acids is 4. The fourth-order valence-electron chi connectivity index (χ4n) is 16.3. The van der Waals surface area contributed by atoms with E-state index in [1.807, 2.05) is 26.8 Å². The molecular formula is C84H83BrCl5F3N2O14. The molecule has 25 heteroatoms. The molecule has 8 aromatic carbocycles. The quantitative estimate of drug-likeness (QED) is 0.0492. The van der Waals surface area contributed by atoms with Crippen molar-refractivity contribution in [3.63, 3.8) is 0 Å². The standard InChI is InChI=1S/C31H30Cl2FNO6.C30H29BrCl2FNO4.C23H24ClFO4/c1-3-30(39,19-10-12-41-13-11-19)21-14-25-27(26(34)15-21)31(40-2,20-5-8-22(32)9-6-20)35(28(25)36)17-18-4-7-23(33)16-24(18)29(37)38;1-3-29(37,19-10-12-39-13-11-19)21-14-24-27(26(34)15-21)30(38-2,20-5-8-22(32)9-6-20)35(28(24)36)17-18-4-7-23(33)16-25(18)31;1-3-23(28,16-8-10-29-11-9-16)17-12-19(14(2)26)21(20(25)13-17)22(27)15-4-6-18(24)7-5-15/h4-9,14-16,19,39H,3,10-13,17H2,1-2H3,(H,37,38);4-9,14-16,19,37H,3,10-13,17H2,1-2H3;4-7,12-13,16,28H,3,8-11H2,1-2H3/t30-,31+;29-,30+;23-/m000/s1. The summed E-state index contributed by atoms with van der Waals surface area (Å²) in [6.45, 7) is 9.81. The third kappa shape index (κ3) is 16.1. The van der Waals surface area contributed by atoms with Crippen LogP contribution in [0.4, 0.5) is 13.2 Å². The van der Waals surface area contributed by atoms with Gasteiger partial charge in [-0.2, -0.15) is 0 Å². The lowest BCUT2D eigenvalue weighted by molar-refractivity contribution is -0.0887. The van der Waals surface area contributed by atoms with Gasteiger partial charge in [-0.05, 0) is 219 Å². The lowest BCUT2D eigenvalue weighted by Gasteiger charge is -2.39. The number of aliphatic hydroxyl groups is 3. The summed E-state index contributed by atoms with van der Waals surface area (Å²) in [5.41, 5.74) is -4.16. The predicted octanol–water partition coefficient (Wildman–Crippen LogP) is 18.7. The van der Waals surface area contributed by atoms with Crippen LogP contribution < -0.4 is 0 Å². The number of nitrogens with zero attached hydrogens (tertiary/aromatic N) is 2. The van der Waals surface area contributed by atoms with E-state index in [1.165, 1.54) is 97.7 Å². The summed E-state index contributed by atoms with van der Waals surface area (Å²) < 4.78 is 77.3. The Kier molecular flexibility index (Phi) is 26.2. The molecule has 16 nitrogen and oxygen atoms in total. The van der Waals surface area contributed by atoms with Crippen LogP contribution in [0.3, 0.4) is 0 Å². The smallest absolute Gasteiger partial charge is 0.336 e. The number of aromatic carboxylic acids is 1. The van der Waals surface area contributed by atoms with Crippen molar-refractivity contribution in [3.05, 3.63) is 276 Å². The number of hydrogen-bond donors (Lipinski definition) is 4. The molecule has 0 spiro atoms. The van der Waals surface area contributed by atoms with Crippen LogP contribution in [0.5, 0.6) is 0 Å². The number of carboxylic acid groups (broad SMARTS) is 1. The zero-order chi connectivity index (χ0) is 78.7. The van der Waals surface area contributed by atoms with E-state index in [0.29, 0.717) is 150 Å². The first-order valence-electron chi connectivity index (χ1n) is 36.0. The zero-order valence-electron chi connectivity index (χ0n) is 60.8. The Morgan fingerprint density at radius 2 is 0.844 bits per heavy atom. The Hall–Kier alpha value is -7.09. The van der Waals surface area contributed by atoms with Crippen LogP contribution >= 0.6 is 73.9 Å². The van der Waals surface area contributed by atoms with Crippen molar-refractivity contribution in [1.29, 1.82) is 0 Å². The SMILES string of the molecule is CC[C@@](O)(c1cc(F)c(C(=O)c2ccc(Cl)cc2)c(C(C)=O)c1)C1CCOCC1.CC[C@@](O)(c1cc(F)c2c(c1)C(=O)N(Cc1ccc(Cl)cc1Br)[C@@]2(OC)c1ccc(Cl)cc1)C1CCOCC1.CC[C@@](O)(c1cc(F)c2c(c1)C(=O)N(Cc1ccc(Cl)cc1C(=O)O)[C@@]2(OC)c1ccc(Cl)cc1)C1CCOCC1. The van der Waals surface area contributed by atoms with Crippen molar-refractivity contribution < 1.29 is 81.3 Å². The Balaban J connectivity index is 0.000000165. The van der Waals surface area contributed by atoms with Gasteiger partial charge in [0.15, 0.2) is 23.0 Å². The number of rotatable bonds is 21. The van der Waals surface area contributed by atoms with Crippen LogP contribution in [0.2, 0.25) is 25.1 Å². The molecule has 3 saturated heterocycles. The van der Waals surface area contributed by atoms with Gasteiger partial charge in [-0.25, -0.2) is 18.0 Å². The highest BCUT2D eigenvalue weighted by atomic mass is 79.9. The Morgan fingerprint density at radius 3 is 1.21 bits per heavy atom. The second-order valence-corrected chi connectivity index (χ2v) is 30.9. The van der Waals surface area contributed by atoms with E-state index in [2.05, 4.69) is 15.9 Å². The molecule has 5 aliphatic rings. The lowest BCUT2D eigenvalue weighted by atomic mass is 9.74. The average Bonchev–Trinajstić information content (AvgIpc) is 1.55. The van der Waals surface area contributed by atoms with Crippen LogP contribution in [-0.2, 0) is 65.0 Å². The molecule has 0 saturated carbocycles. The lowest BCUT2D eigenvalue weighted by Crippen LogP contribution is -2.46. The molecule has 5 aliphatic heterocycles. The van der Waals surface area contributed by atoms with Crippen molar-refractivity contribution in [3.8, 4) is 0 Å². The second-order valence-electron chi connectivity index (χ2n) is 27.9.